The van der Waals surface area contributed by atoms with Crippen LogP contribution in [0, 0.1) is 0 Å². The molecule has 0 bridgehead atoms. The first-order valence-corrected chi connectivity index (χ1v) is 10.4. The molecule has 0 atom stereocenters. The Balaban J connectivity index is 1.48. The van der Waals surface area contributed by atoms with Crippen molar-refractivity contribution in [2.75, 3.05) is 31.7 Å². The molecule has 3 aromatic rings. The molecule has 0 heterocycles. The quantitative estimate of drug-likeness (QED) is 0.559. The van der Waals surface area contributed by atoms with E-state index < -0.39 is 0 Å². The van der Waals surface area contributed by atoms with Crippen LogP contribution in [0.2, 0.25) is 0 Å². The van der Waals surface area contributed by atoms with Gasteiger partial charge in [-0.25, -0.2) is 0 Å². The van der Waals surface area contributed by atoms with Crippen LogP contribution in [0.4, 0.5) is 5.69 Å². The topological polar surface area (TPSA) is 61.4 Å². The number of amides is 2. The SMILES string of the molecule is CN(C)CC(=O)Nc1cccc(CNC(=O)CSc2ccc3ccccc3c2)c1. The lowest BCUT2D eigenvalue weighted by molar-refractivity contribution is -0.119. The fourth-order valence-corrected chi connectivity index (χ4v) is 3.68. The first-order chi connectivity index (χ1) is 14.0. The maximum Gasteiger partial charge on any atom is 0.238 e. The molecule has 5 nitrogen and oxygen atoms in total. The molecule has 3 aromatic carbocycles. The van der Waals surface area contributed by atoms with Crippen molar-refractivity contribution in [3.63, 3.8) is 0 Å². The Morgan fingerprint density at radius 2 is 1.69 bits per heavy atom. The van der Waals surface area contributed by atoms with Gasteiger partial charge in [0, 0.05) is 17.1 Å². The Kier molecular flexibility index (Phi) is 7.27. The summed E-state index contributed by atoms with van der Waals surface area (Å²) in [6.07, 6.45) is 0. The minimum atomic E-state index is -0.0667. The zero-order valence-corrected chi connectivity index (χ0v) is 17.5. The van der Waals surface area contributed by atoms with Crippen LogP contribution in [0.25, 0.3) is 10.8 Å². The third kappa shape index (κ3) is 6.62. The molecule has 150 valence electrons. The molecular formula is C23H25N3O2S. The highest BCUT2D eigenvalue weighted by Gasteiger charge is 2.06. The van der Waals surface area contributed by atoms with E-state index in [1.54, 1.807) is 0 Å². The van der Waals surface area contributed by atoms with Gasteiger partial charge in [0.25, 0.3) is 0 Å². The van der Waals surface area contributed by atoms with E-state index in [0.29, 0.717) is 18.8 Å². The van der Waals surface area contributed by atoms with Gasteiger partial charge in [-0.3, -0.25) is 9.59 Å². The Morgan fingerprint density at radius 3 is 2.48 bits per heavy atom. The molecule has 0 spiro atoms. The second kappa shape index (κ2) is 10.1. The monoisotopic (exact) mass is 407 g/mol. The van der Waals surface area contributed by atoms with Crippen LogP contribution in [0.1, 0.15) is 5.56 Å². The summed E-state index contributed by atoms with van der Waals surface area (Å²) >= 11 is 1.52. The molecular weight excluding hydrogens is 382 g/mol. The number of hydrogen-bond donors (Lipinski definition) is 2. The van der Waals surface area contributed by atoms with Crippen LogP contribution in [0.5, 0.6) is 0 Å². The van der Waals surface area contributed by atoms with Gasteiger partial charge in [0.05, 0.1) is 12.3 Å². The lowest BCUT2D eigenvalue weighted by Gasteiger charge is -2.11. The molecule has 0 aliphatic rings. The summed E-state index contributed by atoms with van der Waals surface area (Å²) in [7, 11) is 3.70. The Bertz CT molecular complexity index is 1000. The van der Waals surface area contributed by atoms with E-state index in [-0.39, 0.29) is 11.8 Å². The number of likely N-dealkylation sites (N-methyl/N-ethyl adjacent to an activating group) is 1. The smallest absolute Gasteiger partial charge is 0.238 e. The van der Waals surface area contributed by atoms with E-state index >= 15 is 0 Å². The van der Waals surface area contributed by atoms with Gasteiger partial charge in [-0.15, -0.1) is 11.8 Å². The van der Waals surface area contributed by atoms with Crippen molar-refractivity contribution in [2.24, 2.45) is 0 Å². The lowest BCUT2D eigenvalue weighted by atomic mass is 10.1. The fraction of sp³-hybridized carbons (Fsp3) is 0.217. The maximum atomic E-state index is 12.2. The zero-order chi connectivity index (χ0) is 20.6. The summed E-state index contributed by atoms with van der Waals surface area (Å²) < 4.78 is 0. The number of fused-ring (bicyclic) bond motifs is 1. The van der Waals surface area contributed by atoms with Crippen molar-refractivity contribution in [3.05, 3.63) is 72.3 Å². The van der Waals surface area contributed by atoms with Crippen LogP contribution >= 0.6 is 11.8 Å². The Hall–Kier alpha value is -2.83. The van der Waals surface area contributed by atoms with E-state index in [0.717, 1.165) is 16.1 Å². The van der Waals surface area contributed by atoms with Gasteiger partial charge in [0.15, 0.2) is 0 Å². The highest BCUT2D eigenvalue weighted by atomic mass is 32.2. The molecule has 6 heteroatoms. The number of hydrogen-bond acceptors (Lipinski definition) is 4. The van der Waals surface area contributed by atoms with Crippen molar-refractivity contribution in [3.8, 4) is 0 Å². The number of rotatable bonds is 8. The van der Waals surface area contributed by atoms with Gasteiger partial charge in [0.2, 0.25) is 11.8 Å². The third-order valence-corrected chi connectivity index (χ3v) is 5.24. The van der Waals surface area contributed by atoms with Gasteiger partial charge in [0.1, 0.15) is 0 Å². The van der Waals surface area contributed by atoms with Crippen LogP contribution in [0.15, 0.2) is 71.6 Å². The average Bonchev–Trinajstić information content (AvgIpc) is 2.70. The molecule has 0 aliphatic carbocycles. The summed E-state index contributed by atoms with van der Waals surface area (Å²) in [5.74, 6) is 0.269. The largest absolute Gasteiger partial charge is 0.351 e. The molecule has 3 rings (SSSR count). The molecule has 0 unspecified atom stereocenters. The highest BCUT2D eigenvalue weighted by Crippen LogP contribution is 2.23. The van der Waals surface area contributed by atoms with E-state index in [2.05, 4.69) is 34.9 Å². The molecule has 29 heavy (non-hydrogen) atoms. The van der Waals surface area contributed by atoms with Crippen LogP contribution in [-0.4, -0.2) is 43.1 Å². The van der Waals surface area contributed by atoms with E-state index in [1.165, 1.54) is 22.5 Å². The number of thioether (sulfide) groups is 1. The highest BCUT2D eigenvalue weighted by molar-refractivity contribution is 8.00. The van der Waals surface area contributed by atoms with Gasteiger partial charge < -0.3 is 15.5 Å². The summed E-state index contributed by atoms with van der Waals surface area (Å²) in [5.41, 5.74) is 1.67. The molecule has 0 aromatic heterocycles. The van der Waals surface area contributed by atoms with Gasteiger partial charge in [-0.2, -0.15) is 0 Å². The standard InChI is InChI=1S/C23H25N3O2S/c1-26(2)15-22(27)25-20-9-5-6-17(12-20)14-24-23(28)16-29-21-11-10-18-7-3-4-8-19(18)13-21/h3-13H,14-16H2,1-2H3,(H,24,28)(H,25,27). The third-order valence-electron chi connectivity index (χ3n) is 4.25. The number of carbonyl (C=O) groups is 2. The summed E-state index contributed by atoms with van der Waals surface area (Å²) in [4.78, 5) is 27.0. The van der Waals surface area contributed by atoms with Crippen LogP contribution in [0.3, 0.4) is 0 Å². The summed E-state index contributed by atoms with van der Waals surface area (Å²) in [5, 5.41) is 8.17. The zero-order valence-electron chi connectivity index (χ0n) is 16.6. The predicted molar refractivity (Wildman–Crippen MR) is 120 cm³/mol. The van der Waals surface area contributed by atoms with Crippen molar-refractivity contribution in [2.45, 2.75) is 11.4 Å². The maximum absolute atomic E-state index is 12.2. The van der Waals surface area contributed by atoms with Gasteiger partial charge in [-0.1, -0.05) is 42.5 Å². The normalized spacial score (nSPS) is 10.9. The van der Waals surface area contributed by atoms with Crippen molar-refractivity contribution >= 4 is 40.0 Å². The second-order valence-corrected chi connectivity index (χ2v) is 8.11. The van der Waals surface area contributed by atoms with Crippen molar-refractivity contribution in [1.29, 1.82) is 0 Å². The molecule has 2 amide bonds. The van der Waals surface area contributed by atoms with Crippen molar-refractivity contribution < 1.29 is 9.59 Å². The first kappa shape index (κ1) is 20.9. The minimum absolute atomic E-state index is 0.0230. The van der Waals surface area contributed by atoms with Gasteiger partial charge >= 0.3 is 0 Å². The van der Waals surface area contributed by atoms with E-state index in [1.807, 2.05) is 61.5 Å². The minimum Gasteiger partial charge on any atom is -0.351 e. The molecule has 0 saturated carbocycles. The molecule has 0 fully saturated rings. The Labute approximate surface area is 175 Å². The van der Waals surface area contributed by atoms with E-state index in [9.17, 15) is 9.59 Å². The van der Waals surface area contributed by atoms with Crippen LogP contribution in [-0.2, 0) is 16.1 Å². The average molecular weight is 408 g/mol. The molecule has 0 saturated heterocycles. The number of anilines is 1. The molecule has 2 N–H and O–H groups in total. The molecule has 0 radical (unpaired) electrons. The first-order valence-electron chi connectivity index (χ1n) is 9.41. The second-order valence-electron chi connectivity index (χ2n) is 7.06. The van der Waals surface area contributed by atoms with E-state index in [4.69, 9.17) is 0 Å². The number of nitrogens with one attached hydrogen (secondary N) is 2. The fourth-order valence-electron chi connectivity index (χ4n) is 2.90. The Morgan fingerprint density at radius 1 is 0.897 bits per heavy atom. The van der Waals surface area contributed by atoms with Crippen LogP contribution < -0.4 is 10.6 Å². The molecule has 0 aliphatic heterocycles. The van der Waals surface area contributed by atoms with Crippen molar-refractivity contribution in [1.82, 2.24) is 10.2 Å². The van der Waals surface area contributed by atoms with Gasteiger partial charge in [-0.05, 0) is 54.7 Å². The number of nitrogens with zero attached hydrogens (tertiary/aromatic N) is 1. The summed E-state index contributed by atoms with van der Waals surface area (Å²) in [6.45, 7) is 0.751. The summed E-state index contributed by atoms with van der Waals surface area (Å²) in [6, 6.07) is 21.9. The lowest BCUT2D eigenvalue weighted by Crippen LogP contribution is -2.27. The number of carbonyl (C=O) groups excluding carboxylic acids is 2. The predicted octanol–water partition coefficient (Wildman–Crippen LogP) is 3.75. The number of benzene rings is 3.